The fourth-order valence-electron chi connectivity index (χ4n) is 4.25. The van der Waals surface area contributed by atoms with Crippen LogP contribution in [-0.2, 0) is 4.79 Å². The SMILES string of the molecule is CC1CCCC(C)N1C(=O)COc1ccc(C(=O)N(C)C2(C#N)CCC2)cc1. The Hall–Kier alpha value is -2.55. The van der Waals surface area contributed by atoms with E-state index in [0.29, 0.717) is 11.3 Å². The number of amides is 2. The average molecular weight is 383 g/mol. The second kappa shape index (κ2) is 8.22. The predicted octanol–water partition coefficient (Wildman–Crippen LogP) is 3.37. The zero-order chi connectivity index (χ0) is 20.3. The van der Waals surface area contributed by atoms with E-state index in [2.05, 4.69) is 19.9 Å². The summed E-state index contributed by atoms with van der Waals surface area (Å²) in [6.07, 6.45) is 5.64. The standard InChI is InChI=1S/C22H29N3O3/c1-16-6-4-7-17(2)25(16)20(26)14-28-19-10-8-18(9-11-19)21(27)24(3)22(15-23)12-5-13-22/h8-11,16-17H,4-7,12-14H2,1-3H3. The molecule has 0 radical (unpaired) electrons. The number of nitrogens with zero attached hydrogens (tertiary/aromatic N) is 3. The first kappa shape index (κ1) is 20.2. The number of hydrogen-bond donors (Lipinski definition) is 0. The van der Waals surface area contributed by atoms with Gasteiger partial charge in [-0.25, -0.2) is 0 Å². The van der Waals surface area contributed by atoms with Gasteiger partial charge in [-0.1, -0.05) is 0 Å². The van der Waals surface area contributed by atoms with Gasteiger partial charge in [-0.3, -0.25) is 9.59 Å². The number of nitriles is 1. The van der Waals surface area contributed by atoms with E-state index >= 15 is 0 Å². The second-order valence-corrected chi connectivity index (χ2v) is 8.10. The lowest BCUT2D eigenvalue weighted by Crippen LogP contribution is -2.53. The predicted molar refractivity (Wildman–Crippen MR) is 106 cm³/mol. The zero-order valence-corrected chi connectivity index (χ0v) is 17.0. The Kier molecular flexibility index (Phi) is 5.93. The molecule has 3 rings (SSSR count). The minimum Gasteiger partial charge on any atom is -0.484 e. The summed E-state index contributed by atoms with van der Waals surface area (Å²) in [5.74, 6) is 0.392. The second-order valence-electron chi connectivity index (χ2n) is 8.10. The molecule has 1 heterocycles. The van der Waals surface area contributed by atoms with Crippen molar-refractivity contribution in [2.75, 3.05) is 13.7 Å². The maximum Gasteiger partial charge on any atom is 0.260 e. The lowest BCUT2D eigenvalue weighted by atomic mass is 9.76. The van der Waals surface area contributed by atoms with Crippen LogP contribution in [0.3, 0.4) is 0 Å². The molecule has 0 bridgehead atoms. The molecule has 28 heavy (non-hydrogen) atoms. The molecular formula is C22H29N3O3. The van der Waals surface area contributed by atoms with E-state index in [1.807, 2.05) is 4.90 Å². The molecule has 2 aliphatic rings. The van der Waals surface area contributed by atoms with Crippen LogP contribution in [0.5, 0.6) is 5.75 Å². The van der Waals surface area contributed by atoms with Crippen LogP contribution in [0.15, 0.2) is 24.3 Å². The van der Waals surface area contributed by atoms with E-state index in [9.17, 15) is 14.9 Å². The third-order valence-electron chi connectivity index (χ3n) is 6.28. The first-order valence-electron chi connectivity index (χ1n) is 10.1. The Morgan fingerprint density at radius 1 is 1.18 bits per heavy atom. The first-order valence-corrected chi connectivity index (χ1v) is 10.1. The summed E-state index contributed by atoms with van der Waals surface area (Å²) >= 11 is 0. The van der Waals surface area contributed by atoms with Gasteiger partial charge in [-0.05, 0) is 76.6 Å². The summed E-state index contributed by atoms with van der Waals surface area (Å²) in [5, 5.41) is 9.41. The van der Waals surface area contributed by atoms with Crippen molar-refractivity contribution in [1.82, 2.24) is 9.80 Å². The van der Waals surface area contributed by atoms with E-state index in [0.717, 1.165) is 38.5 Å². The van der Waals surface area contributed by atoms with Gasteiger partial charge in [0.2, 0.25) is 0 Å². The van der Waals surface area contributed by atoms with Crippen molar-refractivity contribution in [3.63, 3.8) is 0 Å². The Bertz CT molecular complexity index is 754. The van der Waals surface area contributed by atoms with Crippen molar-refractivity contribution in [2.45, 2.75) is 70.0 Å². The number of likely N-dealkylation sites (tertiary alicyclic amines) is 1. The Morgan fingerprint density at radius 3 is 2.29 bits per heavy atom. The molecule has 150 valence electrons. The van der Waals surface area contributed by atoms with Gasteiger partial charge in [0.25, 0.3) is 11.8 Å². The molecule has 2 fully saturated rings. The van der Waals surface area contributed by atoms with Crippen molar-refractivity contribution in [3.8, 4) is 11.8 Å². The molecular weight excluding hydrogens is 354 g/mol. The number of carbonyl (C=O) groups is 2. The van der Waals surface area contributed by atoms with Gasteiger partial charge in [-0.15, -0.1) is 0 Å². The fourth-order valence-corrected chi connectivity index (χ4v) is 4.25. The molecule has 1 aliphatic carbocycles. The van der Waals surface area contributed by atoms with Crippen LogP contribution in [0, 0.1) is 11.3 Å². The normalized spacial score (nSPS) is 23.3. The van der Waals surface area contributed by atoms with E-state index in [-0.39, 0.29) is 30.5 Å². The number of rotatable bonds is 5. The largest absolute Gasteiger partial charge is 0.484 e. The molecule has 0 N–H and O–H groups in total. The van der Waals surface area contributed by atoms with Crippen LogP contribution < -0.4 is 4.74 Å². The molecule has 1 saturated heterocycles. The number of ether oxygens (including phenoxy) is 1. The molecule has 6 nitrogen and oxygen atoms in total. The van der Waals surface area contributed by atoms with E-state index in [1.54, 1.807) is 36.2 Å². The Labute approximate surface area is 167 Å². The van der Waals surface area contributed by atoms with Crippen LogP contribution in [0.4, 0.5) is 0 Å². The summed E-state index contributed by atoms with van der Waals surface area (Å²) in [6.45, 7) is 4.17. The highest BCUT2D eigenvalue weighted by Gasteiger charge is 2.43. The van der Waals surface area contributed by atoms with Crippen LogP contribution in [0.2, 0.25) is 0 Å². The van der Waals surface area contributed by atoms with Crippen molar-refractivity contribution in [1.29, 1.82) is 5.26 Å². The van der Waals surface area contributed by atoms with Crippen LogP contribution >= 0.6 is 0 Å². The first-order chi connectivity index (χ1) is 13.4. The summed E-state index contributed by atoms with van der Waals surface area (Å²) in [5.41, 5.74) is -0.151. The smallest absolute Gasteiger partial charge is 0.260 e. The summed E-state index contributed by atoms with van der Waals surface area (Å²) in [7, 11) is 1.69. The number of hydrogen-bond acceptors (Lipinski definition) is 4. The van der Waals surface area contributed by atoms with E-state index in [1.165, 1.54) is 0 Å². The zero-order valence-electron chi connectivity index (χ0n) is 17.0. The topological polar surface area (TPSA) is 73.6 Å². The van der Waals surface area contributed by atoms with E-state index in [4.69, 9.17) is 4.74 Å². The van der Waals surface area contributed by atoms with Gasteiger partial charge in [0, 0.05) is 24.7 Å². The quantitative estimate of drug-likeness (QED) is 0.781. The monoisotopic (exact) mass is 383 g/mol. The van der Waals surface area contributed by atoms with Crippen LogP contribution in [0.1, 0.15) is 62.7 Å². The third kappa shape index (κ3) is 3.84. The molecule has 6 heteroatoms. The summed E-state index contributed by atoms with van der Waals surface area (Å²) in [6, 6.07) is 9.56. The molecule has 2 amide bonds. The molecule has 0 aromatic heterocycles. The van der Waals surface area contributed by atoms with Gasteiger partial charge >= 0.3 is 0 Å². The molecule has 2 unspecified atom stereocenters. The van der Waals surface area contributed by atoms with Gasteiger partial charge in [-0.2, -0.15) is 5.26 Å². The molecule has 0 spiro atoms. The van der Waals surface area contributed by atoms with E-state index < -0.39 is 5.54 Å². The molecule has 1 saturated carbocycles. The highest BCUT2D eigenvalue weighted by atomic mass is 16.5. The summed E-state index contributed by atoms with van der Waals surface area (Å²) < 4.78 is 5.67. The fraction of sp³-hybridized carbons (Fsp3) is 0.591. The van der Waals surface area contributed by atoms with Gasteiger partial charge < -0.3 is 14.5 Å². The highest BCUT2D eigenvalue weighted by molar-refractivity contribution is 5.95. The van der Waals surface area contributed by atoms with Crippen molar-refractivity contribution in [3.05, 3.63) is 29.8 Å². The number of benzene rings is 1. The van der Waals surface area contributed by atoms with Gasteiger partial charge in [0.1, 0.15) is 11.3 Å². The van der Waals surface area contributed by atoms with Crippen LogP contribution in [0.25, 0.3) is 0 Å². The number of piperidine rings is 1. The van der Waals surface area contributed by atoms with Crippen molar-refractivity contribution < 1.29 is 14.3 Å². The molecule has 1 aliphatic heterocycles. The molecule has 2 atom stereocenters. The summed E-state index contributed by atoms with van der Waals surface area (Å²) in [4.78, 5) is 28.7. The number of carbonyl (C=O) groups excluding carboxylic acids is 2. The maximum absolute atomic E-state index is 12.7. The third-order valence-corrected chi connectivity index (χ3v) is 6.28. The average Bonchev–Trinajstić information content (AvgIpc) is 2.65. The molecule has 1 aromatic carbocycles. The lowest BCUT2D eigenvalue weighted by Gasteiger charge is -2.42. The minimum absolute atomic E-state index is 0.000492. The minimum atomic E-state index is -0.666. The highest BCUT2D eigenvalue weighted by Crippen LogP contribution is 2.37. The van der Waals surface area contributed by atoms with Gasteiger partial charge in [0.15, 0.2) is 6.61 Å². The van der Waals surface area contributed by atoms with Crippen LogP contribution in [-0.4, -0.2) is 52.9 Å². The molecule has 1 aromatic rings. The van der Waals surface area contributed by atoms with Gasteiger partial charge in [0.05, 0.1) is 6.07 Å². The lowest BCUT2D eigenvalue weighted by molar-refractivity contribution is -0.139. The maximum atomic E-state index is 12.7. The van der Waals surface area contributed by atoms with Crippen molar-refractivity contribution in [2.24, 2.45) is 0 Å². The Balaban J connectivity index is 1.58. The van der Waals surface area contributed by atoms with Crippen molar-refractivity contribution >= 4 is 11.8 Å². The Morgan fingerprint density at radius 2 is 1.79 bits per heavy atom.